The summed E-state index contributed by atoms with van der Waals surface area (Å²) in [5, 5.41) is 14.7. The van der Waals surface area contributed by atoms with Crippen molar-refractivity contribution in [3.8, 4) is 0 Å². The van der Waals surface area contributed by atoms with E-state index in [9.17, 15) is 5.11 Å². The van der Waals surface area contributed by atoms with E-state index in [1.165, 1.54) is 5.56 Å². The van der Waals surface area contributed by atoms with Crippen molar-refractivity contribution in [3.63, 3.8) is 0 Å². The second-order valence-electron chi connectivity index (χ2n) is 4.81. The lowest BCUT2D eigenvalue weighted by Gasteiger charge is -2.14. The minimum Gasteiger partial charge on any atom is -0.386 e. The molecule has 4 heteroatoms. The molecule has 102 valence electrons. The molecule has 3 nitrogen and oxygen atoms in total. The van der Waals surface area contributed by atoms with E-state index in [1.807, 2.05) is 4.68 Å². The van der Waals surface area contributed by atoms with Crippen LogP contribution in [0.5, 0.6) is 0 Å². The van der Waals surface area contributed by atoms with Crippen LogP contribution in [-0.4, -0.2) is 14.9 Å². The fourth-order valence-electron chi connectivity index (χ4n) is 2.14. The summed E-state index contributed by atoms with van der Waals surface area (Å²) in [6.07, 6.45) is 2.82. The molecule has 1 unspecified atom stereocenters. The number of aryl methyl sites for hydroxylation is 2. The molecular weight excluding hydrogens is 304 g/mol. The van der Waals surface area contributed by atoms with Crippen LogP contribution in [-0.2, 0) is 13.0 Å². The minimum absolute atomic E-state index is 0.536. The molecule has 2 rings (SSSR count). The van der Waals surface area contributed by atoms with Crippen LogP contribution in [0.4, 0.5) is 0 Å². The van der Waals surface area contributed by atoms with Gasteiger partial charge in [0.2, 0.25) is 0 Å². The molecular formula is C15H19BrN2O. The van der Waals surface area contributed by atoms with Gasteiger partial charge in [-0.25, -0.2) is 0 Å². The highest BCUT2D eigenvalue weighted by Gasteiger charge is 2.17. The number of hydrogen-bond donors (Lipinski definition) is 1. The monoisotopic (exact) mass is 322 g/mol. The third kappa shape index (κ3) is 3.45. The molecule has 1 N–H and O–H groups in total. The number of aliphatic hydroxyl groups excluding tert-OH is 1. The van der Waals surface area contributed by atoms with Gasteiger partial charge < -0.3 is 5.11 Å². The topological polar surface area (TPSA) is 38.0 Å². The van der Waals surface area contributed by atoms with Gasteiger partial charge in [-0.2, -0.15) is 5.10 Å². The maximum Gasteiger partial charge on any atom is 0.101 e. The first kappa shape index (κ1) is 14.3. The Bertz CT molecular complexity index is 534. The van der Waals surface area contributed by atoms with Gasteiger partial charge in [0.25, 0.3) is 0 Å². The predicted octanol–water partition coefficient (Wildman–Crippen LogP) is 3.64. The van der Waals surface area contributed by atoms with Crippen molar-refractivity contribution in [2.45, 2.75) is 39.3 Å². The molecule has 0 aliphatic heterocycles. The smallest absolute Gasteiger partial charge is 0.101 e. The Labute approximate surface area is 122 Å². The number of nitrogens with zero attached hydrogens (tertiary/aromatic N) is 2. The van der Waals surface area contributed by atoms with Gasteiger partial charge in [0.1, 0.15) is 6.10 Å². The lowest BCUT2D eigenvalue weighted by atomic mass is 10.0. The summed E-state index contributed by atoms with van der Waals surface area (Å²) in [7, 11) is 0. The summed E-state index contributed by atoms with van der Waals surface area (Å²) < 4.78 is 2.75. The SMILES string of the molecule is CCCn1ncc(Br)c1C(O)Cc1ccc(C)cc1. The van der Waals surface area contributed by atoms with Crippen LogP contribution >= 0.6 is 15.9 Å². The average Bonchev–Trinajstić information content (AvgIpc) is 2.74. The number of halogens is 1. The van der Waals surface area contributed by atoms with E-state index in [0.717, 1.165) is 28.7 Å². The minimum atomic E-state index is -0.536. The van der Waals surface area contributed by atoms with E-state index in [-0.39, 0.29) is 0 Å². The molecule has 1 heterocycles. The van der Waals surface area contributed by atoms with Crippen LogP contribution in [0.25, 0.3) is 0 Å². The van der Waals surface area contributed by atoms with Crippen molar-refractivity contribution in [2.75, 3.05) is 0 Å². The largest absolute Gasteiger partial charge is 0.386 e. The highest BCUT2D eigenvalue weighted by Crippen LogP contribution is 2.26. The zero-order valence-electron chi connectivity index (χ0n) is 11.3. The first-order valence-electron chi connectivity index (χ1n) is 6.56. The lowest BCUT2D eigenvalue weighted by molar-refractivity contribution is 0.166. The Morgan fingerprint density at radius 1 is 1.32 bits per heavy atom. The van der Waals surface area contributed by atoms with Gasteiger partial charge in [-0.3, -0.25) is 4.68 Å². The quantitative estimate of drug-likeness (QED) is 0.912. The summed E-state index contributed by atoms with van der Waals surface area (Å²) in [4.78, 5) is 0. The Kier molecular flexibility index (Phi) is 4.77. The van der Waals surface area contributed by atoms with Gasteiger partial charge in [0.05, 0.1) is 16.4 Å². The molecule has 0 aliphatic rings. The Hall–Kier alpha value is -1.13. The van der Waals surface area contributed by atoms with E-state index in [2.05, 4.69) is 59.1 Å². The number of aromatic nitrogens is 2. The Morgan fingerprint density at radius 3 is 2.63 bits per heavy atom. The molecule has 0 aliphatic carbocycles. The highest BCUT2D eigenvalue weighted by molar-refractivity contribution is 9.10. The highest BCUT2D eigenvalue weighted by atomic mass is 79.9. The zero-order chi connectivity index (χ0) is 13.8. The second-order valence-corrected chi connectivity index (χ2v) is 5.66. The van der Waals surface area contributed by atoms with Crippen molar-refractivity contribution in [2.24, 2.45) is 0 Å². The van der Waals surface area contributed by atoms with Crippen LogP contribution in [0, 0.1) is 6.92 Å². The molecule has 19 heavy (non-hydrogen) atoms. The summed E-state index contributed by atoms with van der Waals surface area (Å²) >= 11 is 3.47. The van der Waals surface area contributed by atoms with E-state index in [1.54, 1.807) is 6.20 Å². The van der Waals surface area contributed by atoms with Crippen LogP contribution < -0.4 is 0 Å². The maximum absolute atomic E-state index is 10.4. The van der Waals surface area contributed by atoms with E-state index in [4.69, 9.17) is 0 Å². The van der Waals surface area contributed by atoms with Crippen molar-refractivity contribution in [3.05, 3.63) is 51.8 Å². The normalized spacial score (nSPS) is 12.6. The molecule has 1 atom stereocenters. The van der Waals surface area contributed by atoms with Gasteiger partial charge >= 0.3 is 0 Å². The van der Waals surface area contributed by atoms with Gasteiger partial charge in [0, 0.05) is 13.0 Å². The average molecular weight is 323 g/mol. The molecule has 1 aromatic carbocycles. The number of benzene rings is 1. The Morgan fingerprint density at radius 2 is 2.00 bits per heavy atom. The molecule has 2 aromatic rings. The van der Waals surface area contributed by atoms with Gasteiger partial charge in [-0.05, 0) is 34.8 Å². The van der Waals surface area contributed by atoms with Gasteiger partial charge in [-0.1, -0.05) is 36.8 Å². The first-order valence-corrected chi connectivity index (χ1v) is 7.36. The fraction of sp³-hybridized carbons (Fsp3) is 0.400. The van der Waals surface area contributed by atoms with Crippen molar-refractivity contribution >= 4 is 15.9 Å². The third-order valence-corrected chi connectivity index (χ3v) is 3.74. The van der Waals surface area contributed by atoms with Crippen molar-refractivity contribution in [1.82, 2.24) is 9.78 Å². The fourth-order valence-corrected chi connectivity index (χ4v) is 2.70. The standard InChI is InChI=1S/C15H19BrN2O/c1-3-8-18-15(13(16)10-17-18)14(19)9-12-6-4-11(2)5-7-12/h4-7,10,14,19H,3,8-9H2,1-2H3. The predicted molar refractivity (Wildman–Crippen MR) is 80.1 cm³/mol. The van der Waals surface area contributed by atoms with Gasteiger partial charge in [-0.15, -0.1) is 0 Å². The van der Waals surface area contributed by atoms with Crippen molar-refractivity contribution < 1.29 is 5.11 Å². The molecule has 0 fully saturated rings. The van der Waals surface area contributed by atoms with Crippen LogP contribution in [0.1, 0.15) is 36.3 Å². The van der Waals surface area contributed by atoms with E-state index in [0.29, 0.717) is 6.42 Å². The molecule has 0 radical (unpaired) electrons. The molecule has 0 amide bonds. The number of aliphatic hydroxyl groups is 1. The molecule has 0 spiro atoms. The lowest BCUT2D eigenvalue weighted by Crippen LogP contribution is -2.11. The molecule has 0 bridgehead atoms. The number of rotatable bonds is 5. The second kappa shape index (κ2) is 6.35. The van der Waals surface area contributed by atoms with Crippen LogP contribution in [0.15, 0.2) is 34.9 Å². The third-order valence-electron chi connectivity index (χ3n) is 3.13. The molecule has 1 aromatic heterocycles. The summed E-state index contributed by atoms with van der Waals surface area (Å²) in [6, 6.07) is 8.26. The van der Waals surface area contributed by atoms with E-state index < -0.39 is 6.10 Å². The Balaban J connectivity index is 2.17. The molecule has 0 saturated carbocycles. The molecule has 0 saturated heterocycles. The van der Waals surface area contributed by atoms with Crippen LogP contribution in [0.3, 0.4) is 0 Å². The zero-order valence-corrected chi connectivity index (χ0v) is 12.9. The number of hydrogen-bond acceptors (Lipinski definition) is 2. The summed E-state index contributed by atoms with van der Waals surface area (Å²) in [5.41, 5.74) is 3.23. The summed E-state index contributed by atoms with van der Waals surface area (Å²) in [5.74, 6) is 0. The summed E-state index contributed by atoms with van der Waals surface area (Å²) in [6.45, 7) is 4.99. The first-order chi connectivity index (χ1) is 9.11. The van der Waals surface area contributed by atoms with Crippen molar-refractivity contribution in [1.29, 1.82) is 0 Å². The maximum atomic E-state index is 10.4. The van der Waals surface area contributed by atoms with Gasteiger partial charge in [0.15, 0.2) is 0 Å². The van der Waals surface area contributed by atoms with E-state index >= 15 is 0 Å². The van der Waals surface area contributed by atoms with Crippen LogP contribution in [0.2, 0.25) is 0 Å².